The molecule has 0 aromatic heterocycles. The Morgan fingerprint density at radius 1 is 0.976 bits per heavy atom. The molecule has 0 bridgehead atoms. The van der Waals surface area contributed by atoms with E-state index in [9.17, 15) is 4.79 Å². The number of benzene rings is 3. The molecule has 2 aliphatic rings. The number of rotatable bonds is 10. The lowest BCUT2D eigenvalue weighted by Gasteiger charge is -2.30. The molecule has 0 amide bonds. The second-order valence-electron chi connectivity index (χ2n) is 12.0. The van der Waals surface area contributed by atoms with E-state index in [4.69, 9.17) is 14.2 Å². The molecular weight excluding hydrogens is 529 g/mol. The molecule has 7 heteroatoms. The van der Waals surface area contributed by atoms with Gasteiger partial charge in [-0.2, -0.15) is 0 Å². The van der Waals surface area contributed by atoms with Crippen molar-refractivity contribution in [1.29, 1.82) is 0 Å². The van der Waals surface area contributed by atoms with Gasteiger partial charge in [0.05, 0.1) is 20.6 Å². The van der Waals surface area contributed by atoms with Crippen molar-refractivity contribution in [2.75, 3.05) is 14.2 Å². The van der Waals surface area contributed by atoms with Gasteiger partial charge in [0.2, 0.25) is 0 Å². The van der Waals surface area contributed by atoms with Crippen LogP contribution in [0.5, 0.6) is 11.5 Å². The first-order valence-electron chi connectivity index (χ1n) is 14.3. The van der Waals surface area contributed by atoms with E-state index >= 15 is 13.2 Å². The van der Waals surface area contributed by atoms with E-state index in [0.717, 1.165) is 37.7 Å². The average molecular weight is 567 g/mol. The molecule has 2 saturated carbocycles. The van der Waals surface area contributed by atoms with Crippen LogP contribution in [0.15, 0.2) is 48.5 Å². The van der Waals surface area contributed by atoms with Gasteiger partial charge in [0.15, 0.2) is 11.6 Å². The number of esters is 1. The molecule has 2 atom stereocenters. The Morgan fingerprint density at radius 2 is 1.76 bits per heavy atom. The molecule has 2 unspecified atom stereocenters. The summed E-state index contributed by atoms with van der Waals surface area (Å²) in [5, 5.41) is 0. The Morgan fingerprint density at radius 3 is 2.41 bits per heavy atom. The number of hydrogen-bond donors (Lipinski definition) is 0. The highest BCUT2D eigenvalue weighted by Gasteiger charge is 2.38. The molecule has 0 spiro atoms. The summed E-state index contributed by atoms with van der Waals surface area (Å²) < 4.78 is 62.4. The highest BCUT2D eigenvalue weighted by atomic mass is 19.1. The predicted molar refractivity (Wildman–Crippen MR) is 152 cm³/mol. The summed E-state index contributed by atoms with van der Waals surface area (Å²) >= 11 is 0. The second kappa shape index (κ2) is 11.8. The summed E-state index contributed by atoms with van der Waals surface area (Å²) in [5.41, 5.74) is 2.24. The van der Waals surface area contributed by atoms with E-state index in [-0.39, 0.29) is 59.0 Å². The van der Waals surface area contributed by atoms with Gasteiger partial charge in [0.25, 0.3) is 0 Å². The lowest BCUT2D eigenvalue weighted by molar-refractivity contribution is -0.141. The molecule has 3 aromatic carbocycles. The van der Waals surface area contributed by atoms with Gasteiger partial charge >= 0.3 is 5.97 Å². The maximum absolute atomic E-state index is 15.7. The van der Waals surface area contributed by atoms with Crippen LogP contribution >= 0.6 is 0 Å². The zero-order chi connectivity index (χ0) is 29.3. The third kappa shape index (κ3) is 6.09. The van der Waals surface area contributed by atoms with Crippen molar-refractivity contribution in [2.45, 2.75) is 70.8 Å². The normalized spacial score (nSPS) is 18.7. The molecule has 0 heterocycles. The fourth-order valence-corrected chi connectivity index (χ4v) is 6.38. The molecule has 0 N–H and O–H groups in total. The first-order valence-corrected chi connectivity index (χ1v) is 14.3. The fourth-order valence-electron chi connectivity index (χ4n) is 6.38. The van der Waals surface area contributed by atoms with Gasteiger partial charge in [-0.15, -0.1) is 0 Å². The Bertz CT molecular complexity index is 1430. The van der Waals surface area contributed by atoms with Gasteiger partial charge in [-0.1, -0.05) is 32.4 Å². The van der Waals surface area contributed by atoms with Crippen molar-refractivity contribution < 1.29 is 32.2 Å². The van der Waals surface area contributed by atoms with Crippen LogP contribution in [-0.4, -0.2) is 20.2 Å². The smallest absolute Gasteiger partial charge is 0.306 e. The van der Waals surface area contributed by atoms with Gasteiger partial charge in [-0.05, 0) is 96.0 Å². The molecule has 4 nitrogen and oxygen atoms in total. The Kier molecular flexibility index (Phi) is 8.35. The zero-order valence-electron chi connectivity index (χ0n) is 24.1. The molecule has 5 rings (SSSR count). The highest BCUT2D eigenvalue weighted by Crippen LogP contribution is 2.52. The fraction of sp³-hybridized carbons (Fsp3) is 0.441. The average Bonchev–Trinajstić information content (AvgIpc) is 3.74. The molecule has 3 aromatic rings. The lowest BCUT2D eigenvalue weighted by atomic mass is 9.75. The Balaban J connectivity index is 1.49. The van der Waals surface area contributed by atoms with Crippen molar-refractivity contribution in [3.05, 3.63) is 82.7 Å². The maximum Gasteiger partial charge on any atom is 0.306 e. The van der Waals surface area contributed by atoms with Gasteiger partial charge in [0, 0.05) is 17.0 Å². The van der Waals surface area contributed by atoms with Crippen LogP contribution < -0.4 is 9.47 Å². The van der Waals surface area contributed by atoms with Crippen molar-refractivity contribution in [1.82, 2.24) is 0 Å². The van der Waals surface area contributed by atoms with E-state index in [1.807, 2.05) is 0 Å². The summed E-state index contributed by atoms with van der Waals surface area (Å²) in [4.78, 5) is 12.0. The van der Waals surface area contributed by atoms with Crippen molar-refractivity contribution in [2.24, 2.45) is 11.3 Å². The monoisotopic (exact) mass is 566 g/mol. The first kappa shape index (κ1) is 29.0. The second-order valence-corrected chi connectivity index (χ2v) is 12.0. The van der Waals surface area contributed by atoms with E-state index in [1.165, 1.54) is 38.5 Å². The van der Waals surface area contributed by atoms with E-state index in [0.29, 0.717) is 16.9 Å². The van der Waals surface area contributed by atoms with E-state index in [2.05, 4.69) is 13.8 Å². The number of carbonyl (C=O) groups excluding carboxylic acids is 1. The summed E-state index contributed by atoms with van der Waals surface area (Å²) in [6.07, 6.45) is 4.88. The van der Waals surface area contributed by atoms with E-state index in [1.54, 1.807) is 24.3 Å². The SMILES string of the molecule is COC(=O)CC(c1cccc(OCc2cc(C3CCCC3(C)C)c(-c3cc(OC)ccc3F)cc2F)c1F)C1CC1. The molecule has 2 fully saturated rings. The first-order chi connectivity index (χ1) is 19.6. The van der Waals surface area contributed by atoms with Crippen LogP contribution in [0.3, 0.4) is 0 Å². The molecule has 2 aliphatic carbocycles. The molecule has 0 saturated heterocycles. The number of hydrogen-bond acceptors (Lipinski definition) is 4. The zero-order valence-corrected chi connectivity index (χ0v) is 24.1. The van der Waals surface area contributed by atoms with Crippen LogP contribution in [0.4, 0.5) is 13.2 Å². The van der Waals surface area contributed by atoms with Crippen LogP contribution in [0, 0.1) is 28.8 Å². The van der Waals surface area contributed by atoms with Crippen LogP contribution in [0.2, 0.25) is 0 Å². The van der Waals surface area contributed by atoms with Crippen LogP contribution in [0.25, 0.3) is 11.1 Å². The Hall–Kier alpha value is -3.48. The predicted octanol–water partition coefficient (Wildman–Crippen LogP) is 8.71. The van der Waals surface area contributed by atoms with Gasteiger partial charge < -0.3 is 14.2 Å². The third-order valence-electron chi connectivity index (χ3n) is 8.90. The van der Waals surface area contributed by atoms with Crippen molar-refractivity contribution >= 4 is 5.97 Å². The quantitative estimate of drug-likeness (QED) is 0.230. The molecule has 41 heavy (non-hydrogen) atoms. The molecular formula is C34H37F3O4. The summed E-state index contributed by atoms with van der Waals surface area (Å²) in [6.45, 7) is 4.17. The minimum atomic E-state index is -0.556. The number of carbonyl (C=O) groups is 1. The third-order valence-corrected chi connectivity index (χ3v) is 8.90. The minimum Gasteiger partial charge on any atom is -0.497 e. The highest BCUT2D eigenvalue weighted by molar-refractivity contribution is 5.71. The van der Waals surface area contributed by atoms with E-state index < -0.39 is 17.5 Å². The molecule has 0 radical (unpaired) electrons. The molecule has 218 valence electrons. The Labute approximate surface area is 239 Å². The summed E-state index contributed by atoms with van der Waals surface area (Å²) in [7, 11) is 2.83. The van der Waals surface area contributed by atoms with Crippen LogP contribution in [0.1, 0.15) is 80.9 Å². The van der Waals surface area contributed by atoms with Gasteiger partial charge in [-0.25, -0.2) is 13.2 Å². The minimum absolute atomic E-state index is 0.00285. The maximum atomic E-state index is 15.7. The topological polar surface area (TPSA) is 44.8 Å². The van der Waals surface area contributed by atoms with Gasteiger partial charge in [-0.3, -0.25) is 4.79 Å². The number of ether oxygens (including phenoxy) is 3. The standard InChI is InChI=1S/C34H37F3O4/c1-34(2)14-6-8-28(34)26-15-21(30(36)17-25(26)27-16-22(39-3)12-13-29(27)35)19-41-31-9-5-7-23(33(31)37)24(20-10-11-20)18-32(38)40-4/h5,7,9,12-13,15-17,20,24,28H,6,8,10-11,14,18-19H2,1-4H3. The van der Waals surface area contributed by atoms with Crippen molar-refractivity contribution in [3.8, 4) is 22.6 Å². The largest absolute Gasteiger partial charge is 0.497 e. The summed E-state index contributed by atoms with van der Waals surface area (Å²) in [6, 6.07) is 12.5. The van der Waals surface area contributed by atoms with Crippen molar-refractivity contribution in [3.63, 3.8) is 0 Å². The number of halogens is 3. The number of methoxy groups -OCH3 is 2. The molecule has 0 aliphatic heterocycles. The van der Waals surface area contributed by atoms with Gasteiger partial charge in [0.1, 0.15) is 24.0 Å². The van der Waals surface area contributed by atoms with Crippen LogP contribution in [-0.2, 0) is 16.1 Å². The summed E-state index contributed by atoms with van der Waals surface area (Å²) in [5.74, 6) is -1.44. The lowest BCUT2D eigenvalue weighted by Crippen LogP contribution is -2.17.